The summed E-state index contributed by atoms with van der Waals surface area (Å²) in [5, 5.41) is 2.40. The van der Waals surface area contributed by atoms with Gasteiger partial charge in [-0.05, 0) is 22.0 Å². The van der Waals surface area contributed by atoms with Crippen LogP contribution in [0.4, 0.5) is 0 Å². The average Bonchev–Trinajstić information content (AvgIpc) is 2.71. The summed E-state index contributed by atoms with van der Waals surface area (Å²) in [6.07, 6.45) is 2.29. The van der Waals surface area contributed by atoms with Crippen LogP contribution in [0.25, 0.3) is 10.8 Å². The number of aromatic nitrogens is 1. The third-order valence-electron chi connectivity index (χ3n) is 1.45. The number of halogens is 1. The Morgan fingerprint density at radius 1 is 1.62 bits per heavy atom. The van der Waals surface area contributed by atoms with Crippen LogP contribution in [0.1, 0.15) is 10.5 Å². The summed E-state index contributed by atoms with van der Waals surface area (Å²) in [5.41, 5.74) is 0.434. The molecule has 0 aromatic carbocycles. The van der Waals surface area contributed by atoms with Gasteiger partial charge in [0.15, 0.2) is 17.1 Å². The second-order valence-electron chi connectivity index (χ2n) is 2.29. The molecule has 0 aliphatic carbocycles. The number of hydrogen-bond acceptors (Lipinski definition) is 4. The molecule has 5 heteroatoms. The van der Waals surface area contributed by atoms with Gasteiger partial charge in [-0.15, -0.1) is 11.3 Å². The van der Waals surface area contributed by atoms with E-state index < -0.39 is 0 Å². The molecule has 2 aromatic heterocycles. The minimum absolute atomic E-state index is 0.434. The summed E-state index contributed by atoms with van der Waals surface area (Å²) in [6, 6.07) is 1.79. The molecule has 0 radical (unpaired) electrons. The first-order chi connectivity index (χ1) is 6.31. The van der Waals surface area contributed by atoms with E-state index in [2.05, 4.69) is 20.9 Å². The minimum Gasteiger partial charge on any atom is -0.461 e. The van der Waals surface area contributed by atoms with Crippen molar-refractivity contribution in [1.82, 2.24) is 4.98 Å². The summed E-state index contributed by atoms with van der Waals surface area (Å²) < 4.78 is 6.04. The highest BCUT2D eigenvalue weighted by molar-refractivity contribution is 9.10. The van der Waals surface area contributed by atoms with Gasteiger partial charge in [-0.3, -0.25) is 4.79 Å². The number of hydrogen-bond donors (Lipinski definition) is 0. The first-order valence-electron chi connectivity index (χ1n) is 3.45. The van der Waals surface area contributed by atoms with Crippen molar-refractivity contribution in [2.45, 2.75) is 0 Å². The van der Waals surface area contributed by atoms with Crippen LogP contribution in [0.15, 0.2) is 26.6 Å². The van der Waals surface area contributed by atoms with E-state index >= 15 is 0 Å². The molecule has 0 aliphatic rings. The lowest BCUT2D eigenvalue weighted by Gasteiger charge is -1.88. The van der Waals surface area contributed by atoms with Crippen molar-refractivity contribution in [2.24, 2.45) is 0 Å². The molecular weight excluding hydrogens is 254 g/mol. The van der Waals surface area contributed by atoms with Gasteiger partial charge in [-0.2, -0.15) is 0 Å². The van der Waals surface area contributed by atoms with Crippen LogP contribution in [-0.4, -0.2) is 11.3 Å². The third-order valence-corrected chi connectivity index (χ3v) is 2.94. The van der Waals surface area contributed by atoms with Crippen molar-refractivity contribution < 1.29 is 9.21 Å². The van der Waals surface area contributed by atoms with Crippen LogP contribution < -0.4 is 0 Å². The van der Waals surface area contributed by atoms with Crippen molar-refractivity contribution in [3.63, 3.8) is 0 Å². The highest BCUT2D eigenvalue weighted by Gasteiger charge is 2.10. The van der Waals surface area contributed by atoms with E-state index in [4.69, 9.17) is 4.42 Å². The van der Waals surface area contributed by atoms with Crippen LogP contribution >= 0.6 is 27.3 Å². The smallest absolute Gasteiger partial charge is 0.176 e. The lowest BCUT2D eigenvalue weighted by atomic mass is 10.4. The van der Waals surface area contributed by atoms with Crippen molar-refractivity contribution in [3.05, 3.63) is 27.9 Å². The van der Waals surface area contributed by atoms with E-state index in [0.717, 1.165) is 10.8 Å². The summed E-state index contributed by atoms with van der Waals surface area (Å²) in [4.78, 5) is 14.4. The Morgan fingerprint density at radius 2 is 2.46 bits per heavy atom. The van der Waals surface area contributed by atoms with Gasteiger partial charge in [-0.1, -0.05) is 0 Å². The van der Waals surface area contributed by atoms with Crippen LogP contribution in [0.2, 0.25) is 0 Å². The van der Waals surface area contributed by atoms with Crippen molar-refractivity contribution >= 4 is 33.6 Å². The molecule has 0 aliphatic heterocycles. The number of furan rings is 1. The number of carbonyl (C=O) groups excluding carboxylic acids is 1. The van der Waals surface area contributed by atoms with E-state index in [0.29, 0.717) is 16.5 Å². The second kappa shape index (κ2) is 3.43. The summed E-state index contributed by atoms with van der Waals surface area (Å²) >= 11 is 4.70. The summed E-state index contributed by atoms with van der Waals surface area (Å²) in [7, 11) is 0. The zero-order valence-corrected chi connectivity index (χ0v) is 8.76. The fourth-order valence-electron chi connectivity index (χ4n) is 0.891. The molecule has 0 atom stereocenters. The Kier molecular flexibility index (Phi) is 2.28. The topological polar surface area (TPSA) is 43.1 Å². The van der Waals surface area contributed by atoms with E-state index in [-0.39, 0.29) is 0 Å². The Morgan fingerprint density at radius 3 is 3.00 bits per heavy atom. The van der Waals surface area contributed by atoms with Crippen LogP contribution in [0.3, 0.4) is 0 Å². The number of nitrogens with zero attached hydrogens (tertiary/aromatic N) is 1. The number of thiazole rings is 1. The van der Waals surface area contributed by atoms with Gasteiger partial charge < -0.3 is 4.42 Å². The van der Waals surface area contributed by atoms with Gasteiger partial charge in [0.05, 0.1) is 10.7 Å². The molecule has 13 heavy (non-hydrogen) atoms. The second-order valence-corrected chi connectivity index (χ2v) is 4.01. The normalized spacial score (nSPS) is 10.2. The van der Waals surface area contributed by atoms with Gasteiger partial charge in [0.2, 0.25) is 0 Å². The summed E-state index contributed by atoms with van der Waals surface area (Å²) in [6.45, 7) is 0. The van der Waals surface area contributed by atoms with Crippen LogP contribution in [0.5, 0.6) is 0 Å². The van der Waals surface area contributed by atoms with E-state index in [1.165, 1.54) is 11.3 Å². The van der Waals surface area contributed by atoms with Crippen molar-refractivity contribution in [1.29, 1.82) is 0 Å². The quantitative estimate of drug-likeness (QED) is 0.777. The first kappa shape index (κ1) is 8.65. The zero-order valence-electron chi connectivity index (χ0n) is 6.36. The van der Waals surface area contributed by atoms with Crippen LogP contribution in [-0.2, 0) is 0 Å². The molecule has 0 N–H and O–H groups in total. The molecule has 2 rings (SSSR count). The molecule has 0 spiro atoms. The molecule has 0 saturated carbocycles. The van der Waals surface area contributed by atoms with E-state index in [1.807, 2.05) is 0 Å². The predicted octanol–water partition coefficient (Wildman–Crippen LogP) is 2.98. The molecule has 2 aromatic rings. The maximum atomic E-state index is 10.4. The lowest BCUT2D eigenvalue weighted by molar-refractivity contribution is 0.111. The first-order valence-corrected chi connectivity index (χ1v) is 5.12. The maximum absolute atomic E-state index is 10.4. The van der Waals surface area contributed by atoms with Gasteiger partial charge in [0.25, 0.3) is 0 Å². The standard InChI is InChI=1S/C8H4BrNO2S/c9-6-1-2-12-7(6)8-10-5(3-11)4-13-8/h1-4H. The van der Waals surface area contributed by atoms with Gasteiger partial charge >= 0.3 is 0 Å². The number of aldehydes is 1. The molecule has 2 heterocycles. The van der Waals surface area contributed by atoms with E-state index in [9.17, 15) is 4.79 Å². The van der Waals surface area contributed by atoms with Crippen LogP contribution in [0, 0.1) is 0 Å². The predicted molar refractivity (Wildman–Crippen MR) is 52.9 cm³/mol. The third kappa shape index (κ3) is 1.57. The van der Waals surface area contributed by atoms with Crippen molar-refractivity contribution in [2.75, 3.05) is 0 Å². The van der Waals surface area contributed by atoms with Crippen molar-refractivity contribution in [3.8, 4) is 10.8 Å². The van der Waals surface area contributed by atoms with E-state index in [1.54, 1.807) is 17.7 Å². The molecule has 0 bridgehead atoms. The molecular formula is C8H4BrNO2S. The van der Waals surface area contributed by atoms with Gasteiger partial charge in [0, 0.05) is 5.38 Å². The highest BCUT2D eigenvalue weighted by Crippen LogP contribution is 2.30. The fourth-order valence-corrected chi connectivity index (χ4v) is 2.18. The highest BCUT2D eigenvalue weighted by atomic mass is 79.9. The van der Waals surface area contributed by atoms with Gasteiger partial charge in [-0.25, -0.2) is 4.98 Å². The molecule has 66 valence electrons. The largest absolute Gasteiger partial charge is 0.461 e. The zero-order chi connectivity index (χ0) is 9.26. The Hall–Kier alpha value is -0.940. The molecule has 0 fully saturated rings. The Balaban J connectivity index is 2.46. The maximum Gasteiger partial charge on any atom is 0.176 e. The lowest BCUT2D eigenvalue weighted by Crippen LogP contribution is -1.78. The fraction of sp³-hybridized carbons (Fsp3) is 0. The monoisotopic (exact) mass is 257 g/mol. The Labute approximate surface area is 86.5 Å². The minimum atomic E-state index is 0.434. The SMILES string of the molecule is O=Cc1csc(-c2occc2Br)n1. The molecule has 0 amide bonds. The molecule has 3 nitrogen and oxygen atoms in total. The summed E-state index contributed by atoms with van der Waals surface area (Å²) in [5.74, 6) is 0.665. The Bertz CT molecular complexity index is 435. The molecule has 0 saturated heterocycles. The number of carbonyl (C=O) groups is 1. The average molecular weight is 258 g/mol. The number of rotatable bonds is 2. The molecule has 0 unspecified atom stereocenters. The van der Waals surface area contributed by atoms with Gasteiger partial charge in [0.1, 0.15) is 5.69 Å².